The first-order valence-electron chi connectivity index (χ1n) is 9.84. The molecule has 0 bridgehead atoms. The molecule has 1 N–H and O–H groups in total. The Bertz CT molecular complexity index is 816. The minimum atomic E-state index is 0.343. The van der Waals surface area contributed by atoms with E-state index >= 15 is 0 Å². The molecule has 0 spiro atoms. The quantitative estimate of drug-likeness (QED) is 0.218. The van der Waals surface area contributed by atoms with Crippen molar-refractivity contribution in [2.75, 3.05) is 12.9 Å². The van der Waals surface area contributed by atoms with Gasteiger partial charge in [0.05, 0.1) is 9.93 Å². The molecule has 0 aliphatic heterocycles. The van der Waals surface area contributed by atoms with Crippen molar-refractivity contribution in [3.8, 4) is 0 Å². The van der Waals surface area contributed by atoms with Gasteiger partial charge in [0, 0.05) is 27.9 Å². The molecule has 1 heterocycles. The Balaban J connectivity index is 0.000000745. The Morgan fingerprint density at radius 1 is 1.23 bits per heavy atom. The van der Waals surface area contributed by atoms with Crippen LogP contribution in [0, 0.1) is 5.92 Å². The molecule has 0 fully saturated rings. The predicted octanol–water partition coefficient (Wildman–Crippen LogP) is 7.58. The number of hydrogen-bond acceptors (Lipinski definition) is 6. The minimum Gasteiger partial charge on any atom is -0.311 e. The molecule has 170 valence electrons. The van der Waals surface area contributed by atoms with Gasteiger partial charge in [-0.1, -0.05) is 63.0 Å². The topological polar surface area (TPSA) is 54.4 Å². The summed E-state index contributed by atoms with van der Waals surface area (Å²) in [4.78, 5) is 17.9. The zero-order chi connectivity index (χ0) is 23.6. The molecule has 4 nitrogen and oxygen atoms in total. The highest BCUT2D eigenvalue weighted by Gasteiger charge is 2.12. The van der Waals surface area contributed by atoms with Gasteiger partial charge in [-0.2, -0.15) is 0 Å². The van der Waals surface area contributed by atoms with Crippen LogP contribution >= 0.6 is 46.7 Å². The van der Waals surface area contributed by atoms with Crippen LogP contribution < -0.4 is 5.32 Å². The summed E-state index contributed by atoms with van der Waals surface area (Å²) in [6.45, 7) is 11.9. The van der Waals surface area contributed by atoms with Crippen LogP contribution in [0.15, 0.2) is 57.5 Å². The summed E-state index contributed by atoms with van der Waals surface area (Å²) in [5.41, 5.74) is 2.58. The Hall–Kier alpha value is -1.31. The molecule has 31 heavy (non-hydrogen) atoms. The molecule has 8 heteroatoms. The highest BCUT2D eigenvalue weighted by molar-refractivity contribution is 8.21. The maximum absolute atomic E-state index is 9.94. The average molecular weight is 501 g/mol. The number of carbonyl (C=O) groups excluding carboxylic acids is 1. The first-order valence-corrected chi connectivity index (χ1v) is 12.6. The molecule has 0 saturated carbocycles. The van der Waals surface area contributed by atoms with Crippen molar-refractivity contribution in [1.29, 1.82) is 0 Å². The average Bonchev–Trinajstić information content (AvgIpc) is 2.78. The van der Waals surface area contributed by atoms with Gasteiger partial charge in [0.1, 0.15) is 5.69 Å². The van der Waals surface area contributed by atoms with Gasteiger partial charge in [0.25, 0.3) is 0 Å². The second-order valence-corrected chi connectivity index (χ2v) is 9.10. The SMILES string of the molecule is C=N/C(=C(\SCNC)SCc1ccc(Cl)cc1Cl)C(C)C.CC.O=Cc1ccccn1. The number of rotatable bonds is 9. The normalized spacial score (nSPS) is 10.8. The Kier molecular flexibility index (Phi) is 17.5. The summed E-state index contributed by atoms with van der Waals surface area (Å²) >= 11 is 15.6. The molecule has 0 saturated heterocycles. The summed E-state index contributed by atoms with van der Waals surface area (Å²) in [6.07, 6.45) is 2.31. The molecular weight excluding hydrogens is 469 g/mol. The zero-order valence-electron chi connectivity index (χ0n) is 18.7. The van der Waals surface area contributed by atoms with Crippen molar-refractivity contribution in [2.45, 2.75) is 33.4 Å². The van der Waals surface area contributed by atoms with Gasteiger partial charge in [-0.15, -0.1) is 23.5 Å². The summed E-state index contributed by atoms with van der Waals surface area (Å²) < 4.78 is 1.18. The van der Waals surface area contributed by atoms with E-state index in [9.17, 15) is 4.79 Å². The fourth-order valence-electron chi connectivity index (χ4n) is 2.04. The number of nitrogens with zero attached hydrogens (tertiary/aromatic N) is 2. The van der Waals surface area contributed by atoms with Crippen LogP contribution in [0.25, 0.3) is 0 Å². The van der Waals surface area contributed by atoms with E-state index in [1.165, 1.54) is 4.24 Å². The summed E-state index contributed by atoms with van der Waals surface area (Å²) in [5.74, 6) is 1.96. The van der Waals surface area contributed by atoms with E-state index in [2.05, 4.69) is 35.9 Å². The van der Waals surface area contributed by atoms with E-state index in [0.717, 1.165) is 29.2 Å². The highest BCUT2D eigenvalue weighted by atomic mass is 35.5. The molecular formula is C23H31Cl2N3OS2. The lowest BCUT2D eigenvalue weighted by molar-refractivity contribution is 0.111. The van der Waals surface area contributed by atoms with Crippen LogP contribution in [0.2, 0.25) is 10.0 Å². The third-order valence-corrected chi connectivity index (χ3v) is 6.58. The lowest BCUT2D eigenvalue weighted by Gasteiger charge is -2.14. The summed E-state index contributed by atoms with van der Waals surface area (Å²) in [5, 5.41) is 4.50. The molecule has 0 aliphatic carbocycles. The number of nitrogens with one attached hydrogen (secondary N) is 1. The van der Waals surface area contributed by atoms with Crippen molar-refractivity contribution in [3.05, 3.63) is 73.8 Å². The third-order valence-electron chi connectivity index (χ3n) is 3.46. The standard InChI is InChI=1S/C15H20Cl2N2S2.C6H5NO.C2H6/c1-10(2)14(19-4)15(21-9-18-3)20-8-11-5-6-12(16)7-13(11)17;8-5-6-3-1-2-4-7-6;1-2/h5-7,10,18H,4,8-9H2,1-3H3;1-5H;1-2H3/b15-14-;;. The van der Waals surface area contributed by atoms with Crippen LogP contribution in [0.3, 0.4) is 0 Å². The van der Waals surface area contributed by atoms with Gasteiger partial charge in [0.15, 0.2) is 6.29 Å². The first kappa shape index (κ1) is 29.7. The van der Waals surface area contributed by atoms with Gasteiger partial charge < -0.3 is 5.32 Å². The number of aromatic nitrogens is 1. The van der Waals surface area contributed by atoms with Crippen LogP contribution in [-0.2, 0) is 5.75 Å². The Labute approximate surface area is 205 Å². The van der Waals surface area contributed by atoms with Crippen LogP contribution in [0.5, 0.6) is 0 Å². The molecule has 1 aromatic heterocycles. The number of benzene rings is 1. The van der Waals surface area contributed by atoms with Gasteiger partial charge in [-0.05, 0) is 49.5 Å². The van der Waals surface area contributed by atoms with Crippen molar-refractivity contribution < 1.29 is 4.79 Å². The molecule has 0 unspecified atom stereocenters. The lowest BCUT2D eigenvalue weighted by Crippen LogP contribution is -2.04. The Morgan fingerprint density at radius 3 is 2.39 bits per heavy atom. The zero-order valence-corrected chi connectivity index (χ0v) is 21.8. The van der Waals surface area contributed by atoms with Gasteiger partial charge in [0.2, 0.25) is 0 Å². The molecule has 1 aromatic carbocycles. The maximum Gasteiger partial charge on any atom is 0.168 e. The van der Waals surface area contributed by atoms with Crippen LogP contribution in [0.1, 0.15) is 43.7 Å². The van der Waals surface area contributed by atoms with Gasteiger partial charge >= 0.3 is 0 Å². The van der Waals surface area contributed by atoms with Crippen LogP contribution in [-0.4, -0.2) is 30.9 Å². The predicted molar refractivity (Wildman–Crippen MR) is 142 cm³/mol. The number of allylic oxidation sites excluding steroid dienone is 1. The van der Waals surface area contributed by atoms with E-state index in [-0.39, 0.29) is 0 Å². The molecule has 0 atom stereocenters. The van der Waals surface area contributed by atoms with Crippen molar-refractivity contribution >= 4 is 59.7 Å². The van der Waals surface area contributed by atoms with Gasteiger partial charge in [-0.3, -0.25) is 14.8 Å². The number of aldehydes is 1. The largest absolute Gasteiger partial charge is 0.311 e. The molecule has 2 aromatic rings. The minimum absolute atomic E-state index is 0.343. The Morgan fingerprint density at radius 2 is 1.94 bits per heavy atom. The van der Waals surface area contributed by atoms with E-state index < -0.39 is 0 Å². The number of halogens is 2. The fraction of sp³-hybridized carbons (Fsp3) is 0.348. The molecule has 2 rings (SSSR count). The summed E-state index contributed by atoms with van der Waals surface area (Å²) in [7, 11) is 1.93. The number of carbonyl (C=O) groups is 1. The number of pyridine rings is 1. The highest BCUT2D eigenvalue weighted by Crippen LogP contribution is 2.37. The number of hydrogen-bond donors (Lipinski definition) is 1. The van der Waals surface area contributed by atoms with E-state index in [4.69, 9.17) is 23.2 Å². The van der Waals surface area contributed by atoms with Gasteiger partial charge in [-0.25, -0.2) is 0 Å². The van der Waals surface area contributed by atoms with E-state index in [0.29, 0.717) is 21.7 Å². The number of aliphatic imine (C=N–C) groups is 1. The molecule has 0 amide bonds. The van der Waals surface area contributed by atoms with Crippen molar-refractivity contribution in [2.24, 2.45) is 10.9 Å². The van der Waals surface area contributed by atoms with Crippen LogP contribution in [0.4, 0.5) is 0 Å². The first-order chi connectivity index (χ1) is 14.9. The number of thioether (sulfide) groups is 2. The summed E-state index contributed by atoms with van der Waals surface area (Å²) in [6, 6.07) is 10.8. The van der Waals surface area contributed by atoms with Crippen molar-refractivity contribution in [1.82, 2.24) is 10.3 Å². The van der Waals surface area contributed by atoms with Crippen molar-refractivity contribution in [3.63, 3.8) is 0 Å². The smallest absolute Gasteiger partial charge is 0.168 e. The fourth-order valence-corrected chi connectivity index (χ4v) is 4.99. The third kappa shape index (κ3) is 12.3. The second kappa shape index (κ2) is 18.3. The monoisotopic (exact) mass is 499 g/mol. The molecule has 0 radical (unpaired) electrons. The second-order valence-electron chi connectivity index (χ2n) is 6.02. The lowest BCUT2D eigenvalue weighted by atomic mass is 10.2. The maximum atomic E-state index is 9.94. The van der Waals surface area contributed by atoms with E-state index in [1.807, 2.05) is 33.0 Å². The molecule has 0 aliphatic rings. The van der Waals surface area contributed by atoms with E-state index in [1.54, 1.807) is 54.0 Å².